The van der Waals surface area contributed by atoms with E-state index < -0.39 is 0 Å². The fraction of sp³-hybridized carbons (Fsp3) is 0.436. The summed E-state index contributed by atoms with van der Waals surface area (Å²) in [7, 11) is 7.05. The molecule has 4 nitrogen and oxygen atoms in total. The number of benzene rings is 3. The Balaban J connectivity index is 0.000000171. The molecular formula is C39H48O4. The van der Waals surface area contributed by atoms with Crippen LogP contribution in [0.15, 0.2) is 78.4 Å². The first-order valence-electron chi connectivity index (χ1n) is 15.7. The van der Waals surface area contributed by atoms with Gasteiger partial charge in [0.05, 0.1) is 37.3 Å². The summed E-state index contributed by atoms with van der Waals surface area (Å²) in [4.78, 5) is 0. The van der Waals surface area contributed by atoms with E-state index in [4.69, 9.17) is 18.9 Å². The standard InChI is InChI=1S/C20H22O2.C19H26O2/c1-15-12-18-17(16-8-5-4-6-9-16)10-7-11-19(18)20(15,13-21-2)14-22-3;1-20-13-19(14-21-2)12-11-17-16(9-6-10-18(17)19)15-7-4-3-5-8-15/h4-12H,13-14H2,1-3H3;6,9-12,15H,3-5,7-8,13-14H2,1-2H3. The molecule has 0 aromatic heterocycles. The van der Waals surface area contributed by atoms with Crippen molar-refractivity contribution in [2.75, 3.05) is 54.9 Å². The molecule has 0 aliphatic heterocycles. The van der Waals surface area contributed by atoms with Crippen LogP contribution in [0.4, 0.5) is 0 Å². The second kappa shape index (κ2) is 14.2. The summed E-state index contributed by atoms with van der Waals surface area (Å²) in [6, 6.07) is 23.8. The molecule has 0 N–H and O–H groups in total. The Morgan fingerprint density at radius 2 is 1.28 bits per heavy atom. The van der Waals surface area contributed by atoms with Gasteiger partial charge in [0.25, 0.3) is 0 Å². The van der Waals surface area contributed by atoms with Gasteiger partial charge in [-0.2, -0.15) is 0 Å². The van der Waals surface area contributed by atoms with Crippen molar-refractivity contribution >= 4 is 12.2 Å². The Kier molecular flexibility index (Phi) is 10.4. The lowest BCUT2D eigenvalue weighted by molar-refractivity contribution is 0.0792. The second-order valence-corrected chi connectivity index (χ2v) is 12.4. The van der Waals surface area contributed by atoms with E-state index in [1.165, 1.54) is 76.6 Å². The normalized spacial score (nSPS) is 18.0. The van der Waals surface area contributed by atoms with Gasteiger partial charge in [0, 0.05) is 28.4 Å². The minimum absolute atomic E-state index is 0.108. The third-order valence-corrected chi connectivity index (χ3v) is 9.70. The molecule has 4 heteroatoms. The fourth-order valence-corrected chi connectivity index (χ4v) is 7.61. The first-order valence-corrected chi connectivity index (χ1v) is 15.7. The average Bonchev–Trinajstić information content (AvgIpc) is 3.54. The van der Waals surface area contributed by atoms with Crippen LogP contribution in [0.1, 0.15) is 72.8 Å². The molecule has 1 fully saturated rings. The molecule has 0 unspecified atom stereocenters. The highest BCUT2D eigenvalue weighted by molar-refractivity contribution is 5.83. The quantitative estimate of drug-likeness (QED) is 0.241. The first-order chi connectivity index (χ1) is 21.0. The Labute approximate surface area is 258 Å². The Morgan fingerprint density at radius 1 is 0.651 bits per heavy atom. The molecular weight excluding hydrogens is 532 g/mol. The predicted molar refractivity (Wildman–Crippen MR) is 178 cm³/mol. The van der Waals surface area contributed by atoms with E-state index in [1.54, 1.807) is 28.4 Å². The number of hydrogen-bond donors (Lipinski definition) is 0. The summed E-state index contributed by atoms with van der Waals surface area (Å²) < 4.78 is 22.1. The molecule has 0 amide bonds. The third-order valence-electron chi connectivity index (χ3n) is 9.70. The van der Waals surface area contributed by atoms with E-state index in [9.17, 15) is 0 Å². The molecule has 0 spiro atoms. The largest absolute Gasteiger partial charge is 0.383 e. The monoisotopic (exact) mass is 580 g/mol. The maximum Gasteiger partial charge on any atom is 0.0635 e. The molecule has 6 rings (SSSR count). The summed E-state index contributed by atoms with van der Waals surface area (Å²) in [6.45, 7) is 4.80. The van der Waals surface area contributed by atoms with Crippen molar-refractivity contribution in [2.45, 2.75) is 55.8 Å². The van der Waals surface area contributed by atoms with Gasteiger partial charge in [-0.15, -0.1) is 0 Å². The molecule has 228 valence electrons. The van der Waals surface area contributed by atoms with Crippen LogP contribution in [0.2, 0.25) is 0 Å². The van der Waals surface area contributed by atoms with E-state index >= 15 is 0 Å². The van der Waals surface area contributed by atoms with Gasteiger partial charge in [-0.1, -0.05) is 110 Å². The topological polar surface area (TPSA) is 36.9 Å². The zero-order valence-electron chi connectivity index (χ0n) is 26.7. The Hall–Kier alpha value is -3.02. The third kappa shape index (κ3) is 6.17. The van der Waals surface area contributed by atoms with Crippen molar-refractivity contribution in [2.24, 2.45) is 0 Å². The zero-order valence-corrected chi connectivity index (χ0v) is 26.7. The van der Waals surface area contributed by atoms with E-state index in [0.29, 0.717) is 26.4 Å². The van der Waals surface area contributed by atoms with Crippen molar-refractivity contribution < 1.29 is 18.9 Å². The number of fused-ring (bicyclic) bond motifs is 2. The van der Waals surface area contributed by atoms with Crippen LogP contribution >= 0.6 is 0 Å². The molecule has 0 bridgehead atoms. The molecule has 3 aliphatic carbocycles. The van der Waals surface area contributed by atoms with Crippen LogP contribution in [0.5, 0.6) is 0 Å². The van der Waals surface area contributed by atoms with E-state index in [0.717, 1.165) is 5.92 Å². The van der Waals surface area contributed by atoms with Gasteiger partial charge in [-0.3, -0.25) is 0 Å². The number of ether oxygens (including phenoxy) is 4. The summed E-state index contributed by atoms with van der Waals surface area (Å²) in [6.07, 6.45) is 13.7. The van der Waals surface area contributed by atoms with Crippen molar-refractivity contribution in [3.8, 4) is 11.1 Å². The van der Waals surface area contributed by atoms with Gasteiger partial charge in [-0.25, -0.2) is 0 Å². The van der Waals surface area contributed by atoms with Crippen LogP contribution in [-0.2, 0) is 29.8 Å². The average molecular weight is 581 g/mol. The maximum atomic E-state index is 5.53. The highest BCUT2D eigenvalue weighted by Gasteiger charge is 2.41. The lowest BCUT2D eigenvalue weighted by Crippen LogP contribution is -2.36. The lowest BCUT2D eigenvalue weighted by Gasteiger charge is -2.31. The molecule has 0 saturated heterocycles. The van der Waals surface area contributed by atoms with Crippen LogP contribution in [0, 0.1) is 0 Å². The smallest absolute Gasteiger partial charge is 0.0635 e. The lowest BCUT2D eigenvalue weighted by atomic mass is 9.78. The highest BCUT2D eigenvalue weighted by atomic mass is 16.5. The molecule has 3 aromatic rings. The Bertz CT molecular complexity index is 1400. The van der Waals surface area contributed by atoms with Gasteiger partial charge in [0.1, 0.15) is 0 Å². The van der Waals surface area contributed by atoms with E-state index in [1.807, 2.05) is 6.07 Å². The summed E-state index contributed by atoms with van der Waals surface area (Å²) >= 11 is 0. The molecule has 3 aromatic carbocycles. The molecule has 43 heavy (non-hydrogen) atoms. The maximum absolute atomic E-state index is 5.53. The molecule has 0 atom stereocenters. The molecule has 3 aliphatic rings. The first kappa shape index (κ1) is 31.4. The fourth-order valence-electron chi connectivity index (χ4n) is 7.61. The highest BCUT2D eigenvalue weighted by Crippen LogP contribution is 2.46. The number of methoxy groups -OCH3 is 4. The molecule has 0 radical (unpaired) electrons. The van der Waals surface area contributed by atoms with Gasteiger partial charge >= 0.3 is 0 Å². The Morgan fingerprint density at radius 3 is 1.93 bits per heavy atom. The van der Waals surface area contributed by atoms with Crippen molar-refractivity contribution in [1.82, 2.24) is 0 Å². The summed E-state index contributed by atoms with van der Waals surface area (Å²) in [5, 5.41) is 0. The van der Waals surface area contributed by atoms with Gasteiger partial charge in [-0.05, 0) is 64.6 Å². The van der Waals surface area contributed by atoms with Crippen LogP contribution in [0.3, 0.4) is 0 Å². The van der Waals surface area contributed by atoms with Crippen LogP contribution in [-0.4, -0.2) is 54.9 Å². The summed E-state index contributed by atoms with van der Waals surface area (Å²) in [5.41, 5.74) is 10.5. The predicted octanol–water partition coefficient (Wildman–Crippen LogP) is 8.59. The SMILES string of the molecule is COCC1(COC)C(C)=Cc2c(-c3ccccc3)cccc21.COCC1(COC)C=Cc2c(C3CCCCC3)cccc21. The minimum atomic E-state index is -0.177. The number of hydrogen-bond acceptors (Lipinski definition) is 4. The van der Waals surface area contributed by atoms with Crippen LogP contribution < -0.4 is 0 Å². The van der Waals surface area contributed by atoms with E-state index in [2.05, 4.69) is 85.8 Å². The minimum Gasteiger partial charge on any atom is -0.383 e. The second-order valence-electron chi connectivity index (χ2n) is 12.4. The summed E-state index contributed by atoms with van der Waals surface area (Å²) in [5.74, 6) is 0.735. The zero-order chi connectivity index (χ0) is 30.3. The van der Waals surface area contributed by atoms with Gasteiger partial charge in [0.2, 0.25) is 0 Å². The van der Waals surface area contributed by atoms with Crippen molar-refractivity contribution in [3.63, 3.8) is 0 Å². The van der Waals surface area contributed by atoms with Crippen LogP contribution in [0.25, 0.3) is 23.3 Å². The van der Waals surface area contributed by atoms with Gasteiger partial charge in [0.15, 0.2) is 0 Å². The van der Waals surface area contributed by atoms with Crippen molar-refractivity contribution in [3.05, 3.63) is 106 Å². The molecule has 0 heterocycles. The number of rotatable bonds is 10. The molecule has 1 saturated carbocycles. The van der Waals surface area contributed by atoms with Crippen molar-refractivity contribution in [1.29, 1.82) is 0 Å². The van der Waals surface area contributed by atoms with Gasteiger partial charge < -0.3 is 18.9 Å². The van der Waals surface area contributed by atoms with E-state index in [-0.39, 0.29) is 10.8 Å².